The van der Waals surface area contributed by atoms with E-state index in [1.54, 1.807) is 0 Å². The predicted molar refractivity (Wildman–Crippen MR) is 89.4 cm³/mol. The van der Waals surface area contributed by atoms with Crippen molar-refractivity contribution < 1.29 is 0 Å². The molecule has 1 saturated carbocycles. The van der Waals surface area contributed by atoms with Gasteiger partial charge < -0.3 is 5.32 Å². The Morgan fingerprint density at radius 1 is 1.14 bits per heavy atom. The summed E-state index contributed by atoms with van der Waals surface area (Å²) < 4.78 is 0. The third kappa shape index (κ3) is 3.62. The second-order valence-corrected chi connectivity index (χ2v) is 6.40. The van der Waals surface area contributed by atoms with Gasteiger partial charge in [-0.3, -0.25) is 4.98 Å². The molecule has 0 saturated heterocycles. The lowest BCUT2D eigenvalue weighted by Gasteiger charge is -2.22. The van der Waals surface area contributed by atoms with E-state index < -0.39 is 0 Å². The first-order valence-corrected chi connectivity index (χ1v) is 8.39. The predicted octanol–water partition coefficient (Wildman–Crippen LogP) is 4.86. The highest BCUT2D eigenvalue weighted by Gasteiger charge is 2.18. The number of nitrogens with one attached hydrogen (secondary N) is 1. The fourth-order valence-corrected chi connectivity index (χ4v) is 3.63. The van der Waals surface area contributed by atoms with Crippen molar-refractivity contribution in [1.82, 2.24) is 10.3 Å². The van der Waals surface area contributed by atoms with Gasteiger partial charge in [0.25, 0.3) is 0 Å². The van der Waals surface area contributed by atoms with Gasteiger partial charge in [-0.05, 0) is 37.1 Å². The molecule has 1 N–H and O–H groups in total. The Morgan fingerprint density at radius 2 is 1.90 bits per heavy atom. The number of pyridine rings is 1. The van der Waals surface area contributed by atoms with Gasteiger partial charge in [0.2, 0.25) is 0 Å². The van der Waals surface area contributed by atoms with E-state index in [1.165, 1.54) is 55.9 Å². The molecule has 0 amide bonds. The molecule has 1 aliphatic rings. The quantitative estimate of drug-likeness (QED) is 0.810. The summed E-state index contributed by atoms with van der Waals surface area (Å²) in [4.78, 5) is 4.62. The monoisotopic (exact) mass is 282 g/mol. The summed E-state index contributed by atoms with van der Waals surface area (Å²) >= 11 is 0. The highest BCUT2D eigenvalue weighted by atomic mass is 14.9. The van der Waals surface area contributed by atoms with Crippen molar-refractivity contribution >= 4 is 10.9 Å². The standard InChI is InChI=1S/C19H26N2/c1-20-19(12-15-8-4-2-3-5-9-15)17-13-16-10-6-7-11-18(16)21-14-17/h6-7,10-11,13-15,19-20H,2-5,8-9,12H2,1H3. The molecule has 1 aromatic carbocycles. The molecule has 1 atom stereocenters. The lowest BCUT2D eigenvalue weighted by molar-refractivity contribution is 0.368. The van der Waals surface area contributed by atoms with Gasteiger partial charge in [-0.15, -0.1) is 0 Å². The fourth-order valence-electron chi connectivity index (χ4n) is 3.63. The van der Waals surface area contributed by atoms with Crippen molar-refractivity contribution in [3.05, 3.63) is 42.1 Å². The van der Waals surface area contributed by atoms with Crippen molar-refractivity contribution in [2.75, 3.05) is 7.05 Å². The van der Waals surface area contributed by atoms with Gasteiger partial charge in [0.15, 0.2) is 0 Å². The topological polar surface area (TPSA) is 24.9 Å². The second-order valence-electron chi connectivity index (χ2n) is 6.40. The molecule has 1 fully saturated rings. The molecule has 0 spiro atoms. The highest BCUT2D eigenvalue weighted by molar-refractivity contribution is 5.78. The second kappa shape index (κ2) is 7.04. The summed E-state index contributed by atoms with van der Waals surface area (Å²) in [5.41, 5.74) is 2.42. The lowest BCUT2D eigenvalue weighted by Crippen LogP contribution is -2.20. The van der Waals surface area contributed by atoms with Gasteiger partial charge in [0, 0.05) is 17.6 Å². The summed E-state index contributed by atoms with van der Waals surface area (Å²) in [6, 6.07) is 11.1. The number of nitrogens with zero attached hydrogens (tertiary/aromatic N) is 1. The maximum absolute atomic E-state index is 4.62. The van der Waals surface area contributed by atoms with Crippen LogP contribution in [0.5, 0.6) is 0 Å². The van der Waals surface area contributed by atoms with Crippen molar-refractivity contribution in [3.8, 4) is 0 Å². The normalized spacial score (nSPS) is 18.5. The summed E-state index contributed by atoms with van der Waals surface area (Å²) in [7, 11) is 2.08. The van der Waals surface area contributed by atoms with Crippen molar-refractivity contribution in [3.63, 3.8) is 0 Å². The Bertz CT molecular complexity index is 571. The fraction of sp³-hybridized carbons (Fsp3) is 0.526. The minimum atomic E-state index is 0.435. The maximum Gasteiger partial charge on any atom is 0.0702 e. The first-order chi connectivity index (χ1) is 10.4. The first-order valence-electron chi connectivity index (χ1n) is 8.39. The van der Waals surface area contributed by atoms with Crippen LogP contribution >= 0.6 is 0 Å². The zero-order chi connectivity index (χ0) is 14.5. The van der Waals surface area contributed by atoms with Crippen LogP contribution in [0.15, 0.2) is 36.5 Å². The highest BCUT2D eigenvalue weighted by Crippen LogP contribution is 2.31. The molecule has 0 radical (unpaired) electrons. The van der Waals surface area contributed by atoms with E-state index in [9.17, 15) is 0 Å². The SMILES string of the molecule is CNC(CC1CCCCCC1)c1cnc2ccccc2c1. The number of hydrogen-bond acceptors (Lipinski definition) is 2. The molecule has 3 rings (SSSR count). The number of para-hydroxylation sites is 1. The van der Waals surface area contributed by atoms with Crippen LogP contribution in [-0.2, 0) is 0 Å². The minimum Gasteiger partial charge on any atom is -0.313 e. The summed E-state index contributed by atoms with van der Waals surface area (Å²) in [6.45, 7) is 0. The van der Waals surface area contributed by atoms with E-state index in [0.717, 1.165) is 11.4 Å². The number of fused-ring (bicyclic) bond motifs is 1. The molecular formula is C19H26N2. The Balaban J connectivity index is 1.77. The molecule has 0 aliphatic heterocycles. The van der Waals surface area contributed by atoms with Gasteiger partial charge in [0.1, 0.15) is 0 Å². The van der Waals surface area contributed by atoms with Crippen LogP contribution < -0.4 is 5.32 Å². The number of rotatable bonds is 4. The molecule has 1 heterocycles. The van der Waals surface area contributed by atoms with Crippen LogP contribution in [-0.4, -0.2) is 12.0 Å². The summed E-state index contributed by atoms with van der Waals surface area (Å²) in [5.74, 6) is 0.872. The first kappa shape index (κ1) is 14.5. The third-order valence-electron chi connectivity index (χ3n) is 4.91. The van der Waals surface area contributed by atoms with Crippen LogP contribution in [0.1, 0.15) is 56.6 Å². The molecule has 1 aromatic heterocycles. The smallest absolute Gasteiger partial charge is 0.0702 e. The molecule has 2 aromatic rings. The van der Waals surface area contributed by atoms with Crippen LogP contribution in [0.2, 0.25) is 0 Å². The lowest BCUT2D eigenvalue weighted by atomic mass is 9.90. The Kier molecular flexibility index (Phi) is 4.87. The van der Waals surface area contributed by atoms with Gasteiger partial charge in [-0.25, -0.2) is 0 Å². The zero-order valence-corrected chi connectivity index (χ0v) is 13.0. The van der Waals surface area contributed by atoms with E-state index in [-0.39, 0.29) is 0 Å². The number of benzene rings is 1. The minimum absolute atomic E-state index is 0.435. The van der Waals surface area contributed by atoms with Crippen LogP contribution in [0.4, 0.5) is 0 Å². The van der Waals surface area contributed by atoms with Crippen LogP contribution in [0.3, 0.4) is 0 Å². The Labute approximate surface area is 128 Å². The van der Waals surface area contributed by atoms with Crippen molar-refractivity contribution in [1.29, 1.82) is 0 Å². The summed E-state index contributed by atoms with van der Waals surface area (Å²) in [5, 5.41) is 4.76. The number of aromatic nitrogens is 1. The largest absolute Gasteiger partial charge is 0.313 e. The molecule has 21 heavy (non-hydrogen) atoms. The molecule has 2 nitrogen and oxygen atoms in total. The average Bonchev–Trinajstić information content (AvgIpc) is 2.81. The average molecular weight is 282 g/mol. The Morgan fingerprint density at radius 3 is 2.67 bits per heavy atom. The molecule has 112 valence electrons. The van der Waals surface area contributed by atoms with Crippen molar-refractivity contribution in [2.45, 2.75) is 51.0 Å². The summed E-state index contributed by atoms with van der Waals surface area (Å²) in [6.07, 6.45) is 11.8. The van der Waals surface area contributed by atoms with Gasteiger partial charge >= 0.3 is 0 Å². The molecule has 0 bridgehead atoms. The van der Waals surface area contributed by atoms with Crippen LogP contribution in [0, 0.1) is 5.92 Å². The Hall–Kier alpha value is -1.41. The maximum atomic E-state index is 4.62. The van der Waals surface area contributed by atoms with Crippen LogP contribution in [0.25, 0.3) is 10.9 Å². The van der Waals surface area contributed by atoms with E-state index in [2.05, 4.69) is 53.9 Å². The molecule has 1 aliphatic carbocycles. The van der Waals surface area contributed by atoms with Gasteiger partial charge in [-0.2, -0.15) is 0 Å². The van der Waals surface area contributed by atoms with E-state index >= 15 is 0 Å². The molecule has 1 unspecified atom stereocenters. The molecule has 2 heteroatoms. The van der Waals surface area contributed by atoms with Gasteiger partial charge in [0.05, 0.1) is 5.52 Å². The van der Waals surface area contributed by atoms with E-state index in [1.807, 2.05) is 0 Å². The van der Waals surface area contributed by atoms with Crippen molar-refractivity contribution in [2.24, 2.45) is 5.92 Å². The third-order valence-corrected chi connectivity index (χ3v) is 4.91. The number of hydrogen-bond donors (Lipinski definition) is 1. The van der Waals surface area contributed by atoms with Gasteiger partial charge in [-0.1, -0.05) is 56.7 Å². The van der Waals surface area contributed by atoms with E-state index in [0.29, 0.717) is 6.04 Å². The molecular weight excluding hydrogens is 256 g/mol. The zero-order valence-electron chi connectivity index (χ0n) is 13.0. The van der Waals surface area contributed by atoms with E-state index in [4.69, 9.17) is 0 Å².